The van der Waals surface area contributed by atoms with E-state index in [4.69, 9.17) is 10.7 Å². The molecule has 4 nitrogen and oxygen atoms in total. The van der Waals surface area contributed by atoms with E-state index in [9.17, 15) is 0 Å². The highest BCUT2D eigenvalue weighted by molar-refractivity contribution is 7.15. The summed E-state index contributed by atoms with van der Waals surface area (Å²) in [5.41, 5.74) is 7.07. The molecule has 0 radical (unpaired) electrons. The molecule has 0 aromatic carbocycles. The van der Waals surface area contributed by atoms with Crippen LogP contribution < -0.4 is 10.6 Å². The van der Waals surface area contributed by atoms with Gasteiger partial charge in [-0.3, -0.25) is 0 Å². The Labute approximate surface area is 120 Å². The number of likely N-dealkylation sites (N-methyl/N-ethyl adjacent to an activating group) is 1. The molecule has 0 spiro atoms. The number of aryl methyl sites for hydroxylation is 1. The Hall–Kier alpha value is -0.650. The zero-order valence-corrected chi connectivity index (χ0v) is 13.2. The first-order valence-electron chi connectivity index (χ1n) is 7.29. The van der Waals surface area contributed by atoms with Gasteiger partial charge in [0.15, 0.2) is 5.13 Å². The Kier molecular flexibility index (Phi) is 5.19. The van der Waals surface area contributed by atoms with Crippen LogP contribution in [-0.2, 0) is 13.0 Å². The van der Waals surface area contributed by atoms with Gasteiger partial charge in [-0.1, -0.05) is 13.3 Å². The summed E-state index contributed by atoms with van der Waals surface area (Å²) < 4.78 is 0. The van der Waals surface area contributed by atoms with Gasteiger partial charge in [0.1, 0.15) is 0 Å². The number of anilines is 1. The second-order valence-electron chi connectivity index (χ2n) is 5.48. The third kappa shape index (κ3) is 3.46. The lowest BCUT2D eigenvalue weighted by atomic mass is 10.2. The highest BCUT2D eigenvalue weighted by Crippen LogP contribution is 2.29. The highest BCUT2D eigenvalue weighted by Gasteiger charge is 2.23. The molecule has 1 atom stereocenters. The minimum Gasteiger partial charge on any atom is -0.344 e. The van der Waals surface area contributed by atoms with Gasteiger partial charge in [-0.2, -0.15) is 0 Å². The van der Waals surface area contributed by atoms with Gasteiger partial charge < -0.3 is 15.5 Å². The second-order valence-corrected chi connectivity index (χ2v) is 6.54. The Morgan fingerprint density at radius 3 is 2.89 bits per heavy atom. The molecular weight excluding hydrogens is 256 g/mol. The number of hydrogen-bond donors (Lipinski definition) is 1. The molecule has 1 saturated heterocycles. The number of nitrogens with zero attached hydrogens (tertiary/aromatic N) is 3. The van der Waals surface area contributed by atoms with Gasteiger partial charge in [-0.25, -0.2) is 4.98 Å². The van der Waals surface area contributed by atoms with Crippen molar-refractivity contribution in [2.45, 2.75) is 45.7 Å². The maximum absolute atomic E-state index is 5.86. The van der Waals surface area contributed by atoms with E-state index in [1.165, 1.54) is 28.7 Å². The van der Waals surface area contributed by atoms with Crippen LogP contribution >= 0.6 is 11.3 Å². The fourth-order valence-electron chi connectivity index (χ4n) is 2.74. The molecule has 108 valence electrons. The number of nitrogens with two attached hydrogens (primary N) is 1. The van der Waals surface area contributed by atoms with Crippen LogP contribution in [0.15, 0.2) is 0 Å². The molecule has 2 rings (SSSR count). The molecule has 1 aliphatic rings. The molecule has 19 heavy (non-hydrogen) atoms. The van der Waals surface area contributed by atoms with Gasteiger partial charge in [0, 0.05) is 30.6 Å². The summed E-state index contributed by atoms with van der Waals surface area (Å²) in [7, 11) is 2.20. The Morgan fingerprint density at radius 1 is 1.42 bits per heavy atom. The topological polar surface area (TPSA) is 45.4 Å². The third-order valence-electron chi connectivity index (χ3n) is 3.73. The van der Waals surface area contributed by atoms with Crippen molar-refractivity contribution < 1.29 is 0 Å². The standard InChI is InChI=1S/C14H26N4S/c1-4-6-12-13(9-15)19-14(16-12)18-8-5-7-17(3)10-11(18)2/h11H,4-10,15H2,1-3H3. The lowest BCUT2D eigenvalue weighted by molar-refractivity contribution is 0.337. The first-order valence-corrected chi connectivity index (χ1v) is 8.11. The fraction of sp³-hybridized carbons (Fsp3) is 0.786. The van der Waals surface area contributed by atoms with E-state index in [0.29, 0.717) is 12.6 Å². The molecule has 0 amide bonds. The Bertz CT molecular complexity index is 404. The lowest BCUT2D eigenvalue weighted by Gasteiger charge is -2.27. The van der Waals surface area contributed by atoms with Crippen LogP contribution in [0.1, 0.15) is 37.3 Å². The number of aromatic nitrogens is 1. The summed E-state index contributed by atoms with van der Waals surface area (Å²) in [6, 6.07) is 0.527. The van der Waals surface area contributed by atoms with Crippen molar-refractivity contribution in [3.63, 3.8) is 0 Å². The Balaban J connectivity index is 2.19. The van der Waals surface area contributed by atoms with Crippen molar-refractivity contribution in [1.82, 2.24) is 9.88 Å². The minimum atomic E-state index is 0.527. The molecule has 1 aliphatic heterocycles. The first kappa shape index (κ1) is 14.8. The minimum absolute atomic E-state index is 0.527. The zero-order chi connectivity index (χ0) is 13.8. The number of thiazole rings is 1. The smallest absolute Gasteiger partial charge is 0.186 e. The van der Waals surface area contributed by atoms with Gasteiger partial charge in [0.05, 0.1) is 5.69 Å². The van der Waals surface area contributed by atoms with Crippen LogP contribution in [0.2, 0.25) is 0 Å². The van der Waals surface area contributed by atoms with Crippen molar-refractivity contribution in [2.24, 2.45) is 5.73 Å². The molecule has 0 bridgehead atoms. The van der Waals surface area contributed by atoms with Gasteiger partial charge in [0.2, 0.25) is 0 Å². The average molecular weight is 282 g/mol. The van der Waals surface area contributed by atoms with Crippen LogP contribution in [0.4, 0.5) is 5.13 Å². The van der Waals surface area contributed by atoms with Crippen LogP contribution in [0.3, 0.4) is 0 Å². The van der Waals surface area contributed by atoms with E-state index in [1.807, 2.05) is 0 Å². The maximum atomic E-state index is 5.86. The number of hydrogen-bond acceptors (Lipinski definition) is 5. The lowest BCUT2D eigenvalue weighted by Crippen LogP contribution is -2.37. The van der Waals surface area contributed by atoms with Crippen LogP contribution in [-0.4, -0.2) is 42.6 Å². The van der Waals surface area contributed by atoms with E-state index in [-0.39, 0.29) is 0 Å². The van der Waals surface area contributed by atoms with Crippen molar-refractivity contribution in [2.75, 3.05) is 31.6 Å². The molecule has 1 aromatic rings. The van der Waals surface area contributed by atoms with E-state index in [1.54, 1.807) is 11.3 Å². The SMILES string of the molecule is CCCc1nc(N2CCCN(C)CC2C)sc1CN. The molecule has 1 aromatic heterocycles. The summed E-state index contributed by atoms with van der Waals surface area (Å²) in [6.45, 7) is 8.51. The van der Waals surface area contributed by atoms with Crippen molar-refractivity contribution in [1.29, 1.82) is 0 Å². The van der Waals surface area contributed by atoms with E-state index < -0.39 is 0 Å². The van der Waals surface area contributed by atoms with Gasteiger partial charge in [0.25, 0.3) is 0 Å². The summed E-state index contributed by atoms with van der Waals surface area (Å²) in [4.78, 5) is 11.0. The monoisotopic (exact) mass is 282 g/mol. The van der Waals surface area contributed by atoms with Crippen molar-refractivity contribution >= 4 is 16.5 Å². The van der Waals surface area contributed by atoms with E-state index in [0.717, 1.165) is 25.9 Å². The highest BCUT2D eigenvalue weighted by atomic mass is 32.1. The zero-order valence-electron chi connectivity index (χ0n) is 12.4. The van der Waals surface area contributed by atoms with Crippen molar-refractivity contribution in [3.8, 4) is 0 Å². The Morgan fingerprint density at radius 2 is 2.21 bits per heavy atom. The second kappa shape index (κ2) is 6.68. The quantitative estimate of drug-likeness (QED) is 0.918. The summed E-state index contributed by atoms with van der Waals surface area (Å²) in [5.74, 6) is 0. The van der Waals surface area contributed by atoms with Gasteiger partial charge >= 0.3 is 0 Å². The predicted molar refractivity (Wildman–Crippen MR) is 82.9 cm³/mol. The molecule has 5 heteroatoms. The largest absolute Gasteiger partial charge is 0.344 e. The molecule has 0 saturated carbocycles. The summed E-state index contributed by atoms with van der Waals surface area (Å²) >= 11 is 1.79. The summed E-state index contributed by atoms with van der Waals surface area (Å²) in [5, 5.41) is 1.17. The van der Waals surface area contributed by atoms with Crippen LogP contribution in [0.25, 0.3) is 0 Å². The molecular formula is C14H26N4S. The normalized spacial score (nSPS) is 21.7. The maximum Gasteiger partial charge on any atom is 0.186 e. The predicted octanol–water partition coefficient (Wildman–Crippen LogP) is 2.08. The molecule has 1 unspecified atom stereocenters. The third-order valence-corrected chi connectivity index (χ3v) is 4.89. The van der Waals surface area contributed by atoms with Crippen LogP contribution in [0.5, 0.6) is 0 Å². The fourth-order valence-corrected chi connectivity index (χ4v) is 3.85. The molecule has 0 aliphatic carbocycles. The molecule has 1 fully saturated rings. The van der Waals surface area contributed by atoms with Crippen LogP contribution in [0, 0.1) is 0 Å². The average Bonchev–Trinajstić information content (AvgIpc) is 2.69. The van der Waals surface area contributed by atoms with E-state index >= 15 is 0 Å². The van der Waals surface area contributed by atoms with Crippen molar-refractivity contribution in [3.05, 3.63) is 10.6 Å². The van der Waals surface area contributed by atoms with Gasteiger partial charge in [-0.15, -0.1) is 11.3 Å². The molecule has 2 N–H and O–H groups in total. The van der Waals surface area contributed by atoms with Gasteiger partial charge in [-0.05, 0) is 33.4 Å². The van der Waals surface area contributed by atoms with E-state index in [2.05, 4.69) is 30.7 Å². The first-order chi connectivity index (χ1) is 9.15. The number of rotatable bonds is 4. The summed E-state index contributed by atoms with van der Waals surface area (Å²) in [6.07, 6.45) is 3.39. The molecule has 2 heterocycles.